The van der Waals surface area contributed by atoms with Gasteiger partial charge in [-0.1, -0.05) is 62.0 Å². The van der Waals surface area contributed by atoms with E-state index < -0.39 is 0 Å². The van der Waals surface area contributed by atoms with Crippen molar-refractivity contribution >= 4 is 20.3 Å². The van der Waals surface area contributed by atoms with Gasteiger partial charge in [0.25, 0.3) is 0 Å². The Morgan fingerprint density at radius 2 is 1.45 bits per heavy atom. The Morgan fingerprint density at radius 3 is 2.05 bits per heavy atom. The van der Waals surface area contributed by atoms with Crippen molar-refractivity contribution in [1.29, 1.82) is 0 Å². The summed E-state index contributed by atoms with van der Waals surface area (Å²) in [5.74, 6) is 0. The van der Waals surface area contributed by atoms with Crippen molar-refractivity contribution < 1.29 is 46.5 Å². The Kier molecular flexibility index (Phi) is 13.0. The fraction of sp³-hybridized carbons (Fsp3) is 0.167. The summed E-state index contributed by atoms with van der Waals surface area (Å²) in [6.07, 6.45) is 0. The SMILES string of the molecule is C[SiH]C.Cc1cc2c(-c3ccccc3)cccc2[cH-]1.[Cl-].[Cl-].[Ti+3]. The van der Waals surface area contributed by atoms with Crippen LogP contribution in [0.5, 0.6) is 0 Å². The van der Waals surface area contributed by atoms with Crippen LogP contribution >= 0.6 is 0 Å². The van der Waals surface area contributed by atoms with E-state index in [0.29, 0.717) is 0 Å². The van der Waals surface area contributed by atoms with Crippen molar-refractivity contribution in [1.82, 2.24) is 0 Å². The molecule has 0 atom stereocenters. The standard InChI is InChI=1S/C16H13.C2H7Si.2ClH.Ti/c1-12-10-14-8-5-9-15(16(14)11-12)13-6-3-2-4-7-13;1-3-2;;;/h2-11H,1H3;3H,1-2H3;2*1H;/q-1;;;;+3/p-2. The summed E-state index contributed by atoms with van der Waals surface area (Å²) in [5.41, 5.74) is 3.95. The van der Waals surface area contributed by atoms with Crippen molar-refractivity contribution in [2.75, 3.05) is 0 Å². The zero-order chi connectivity index (χ0) is 13.7. The molecule has 0 saturated carbocycles. The zero-order valence-electron chi connectivity index (χ0n) is 13.1. The van der Waals surface area contributed by atoms with Crippen molar-refractivity contribution in [2.24, 2.45) is 0 Å². The molecule has 0 aliphatic rings. The summed E-state index contributed by atoms with van der Waals surface area (Å²) < 4.78 is 0. The van der Waals surface area contributed by atoms with Crippen LogP contribution in [0.4, 0.5) is 0 Å². The Labute approximate surface area is 163 Å². The molecule has 0 unspecified atom stereocenters. The molecular weight excluding hydrogens is 363 g/mol. The van der Waals surface area contributed by atoms with Gasteiger partial charge in [0.15, 0.2) is 0 Å². The van der Waals surface area contributed by atoms with E-state index in [1.807, 2.05) is 0 Å². The second-order valence-electron chi connectivity index (χ2n) is 4.78. The molecule has 3 aromatic carbocycles. The second-order valence-corrected chi connectivity index (χ2v) is 5.94. The Hall–Kier alpha value is -0.439. The fourth-order valence-electron chi connectivity index (χ4n) is 2.25. The van der Waals surface area contributed by atoms with E-state index in [1.165, 1.54) is 27.5 Å². The molecule has 0 nitrogen and oxygen atoms in total. The van der Waals surface area contributed by atoms with Gasteiger partial charge in [-0.15, -0.1) is 34.5 Å². The minimum Gasteiger partial charge on any atom is -1.00 e. The molecule has 0 fully saturated rings. The number of benzene rings is 2. The second kappa shape index (κ2) is 12.0. The molecule has 22 heavy (non-hydrogen) atoms. The largest absolute Gasteiger partial charge is 3.00 e. The molecular formula is C18H20Cl2SiTi. The first-order valence-electron chi connectivity index (χ1n) is 6.71. The third-order valence-corrected chi connectivity index (χ3v) is 2.98. The number of fused-ring (bicyclic) bond motifs is 1. The molecule has 0 aliphatic carbocycles. The van der Waals surface area contributed by atoms with Crippen LogP contribution in [0.15, 0.2) is 60.7 Å². The first kappa shape index (κ1) is 23.8. The van der Waals surface area contributed by atoms with E-state index in [4.69, 9.17) is 0 Å². The minimum atomic E-state index is 0. The Bertz CT molecular complexity index is 651. The molecule has 3 rings (SSSR count). The average Bonchev–Trinajstić information content (AvgIpc) is 2.80. The normalized spacial score (nSPS) is 8.68. The fourth-order valence-corrected chi connectivity index (χ4v) is 2.25. The van der Waals surface area contributed by atoms with Crippen molar-refractivity contribution in [3.8, 4) is 11.1 Å². The summed E-state index contributed by atoms with van der Waals surface area (Å²) in [7, 11) is 0.750. The summed E-state index contributed by atoms with van der Waals surface area (Å²) in [6.45, 7) is 6.56. The van der Waals surface area contributed by atoms with Gasteiger partial charge in [0, 0.05) is 9.52 Å². The summed E-state index contributed by atoms with van der Waals surface area (Å²) in [5, 5.41) is 2.69. The first-order chi connectivity index (χ1) is 9.26. The topological polar surface area (TPSA) is 0 Å². The van der Waals surface area contributed by atoms with Crippen LogP contribution in [0.2, 0.25) is 13.1 Å². The van der Waals surface area contributed by atoms with Crippen LogP contribution in [0.3, 0.4) is 0 Å². The predicted molar refractivity (Wildman–Crippen MR) is 88.6 cm³/mol. The van der Waals surface area contributed by atoms with Crippen molar-refractivity contribution in [2.45, 2.75) is 20.0 Å². The van der Waals surface area contributed by atoms with Crippen LogP contribution in [0, 0.1) is 6.92 Å². The Balaban J connectivity index is 0. The van der Waals surface area contributed by atoms with Crippen LogP contribution in [-0.2, 0) is 21.7 Å². The van der Waals surface area contributed by atoms with Crippen molar-refractivity contribution in [3.05, 3.63) is 66.2 Å². The molecule has 0 spiro atoms. The summed E-state index contributed by atoms with van der Waals surface area (Å²) in [6, 6.07) is 21.6. The van der Waals surface area contributed by atoms with Crippen LogP contribution < -0.4 is 24.8 Å². The zero-order valence-corrected chi connectivity index (χ0v) is 17.3. The van der Waals surface area contributed by atoms with E-state index in [0.717, 1.165) is 9.52 Å². The monoisotopic (exact) mass is 382 g/mol. The minimum absolute atomic E-state index is 0. The maximum absolute atomic E-state index is 2.26. The molecule has 4 heteroatoms. The molecule has 0 amide bonds. The Morgan fingerprint density at radius 1 is 0.864 bits per heavy atom. The van der Waals surface area contributed by atoms with Gasteiger partial charge in [-0.2, -0.15) is 6.07 Å². The van der Waals surface area contributed by atoms with Gasteiger partial charge in [-0.25, -0.2) is 0 Å². The third kappa shape index (κ3) is 5.98. The van der Waals surface area contributed by atoms with E-state index in [9.17, 15) is 0 Å². The maximum Gasteiger partial charge on any atom is 3.00 e. The van der Waals surface area contributed by atoms with Gasteiger partial charge < -0.3 is 24.8 Å². The van der Waals surface area contributed by atoms with Crippen molar-refractivity contribution in [3.63, 3.8) is 0 Å². The maximum atomic E-state index is 2.26. The van der Waals surface area contributed by atoms with Gasteiger partial charge in [0.2, 0.25) is 0 Å². The van der Waals surface area contributed by atoms with Crippen LogP contribution in [0.1, 0.15) is 5.56 Å². The quantitative estimate of drug-likeness (QED) is 0.376. The van der Waals surface area contributed by atoms with Gasteiger partial charge in [0.1, 0.15) is 0 Å². The van der Waals surface area contributed by atoms with E-state index in [1.54, 1.807) is 0 Å². The number of hydrogen-bond donors (Lipinski definition) is 0. The van der Waals surface area contributed by atoms with E-state index in [-0.39, 0.29) is 46.5 Å². The molecule has 0 aromatic heterocycles. The predicted octanol–water partition coefficient (Wildman–Crippen LogP) is -0.941. The smallest absolute Gasteiger partial charge is 1.00 e. The van der Waals surface area contributed by atoms with Gasteiger partial charge >= 0.3 is 21.7 Å². The van der Waals surface area contributed by atoms with Gasteiger partial charge in [0.05, 0.1) is 0 Å². The van der Waals surface area contributed by atoms with Gasteiger partial charge in [-0.3, -0.25) is 0 Å². The molecule has 3 aromatic rings. The molecule has 114 valence electrons. The molecule has 0 N–H and O–H groups in total. The summed E-state index contributed by atoms with van der Waals surface area (Å²) in [4.78, 5) is 0. The molecule has 2 radical (unpaired) electrons. The van der Waals surface area contributed by atoms with Crippen LogP contribution in [0.25, 0.3) is 21.9 Å². The molecule has 0 bridgehead atoms. The number of rotatable bonds is 1. The first-order valence-corrected chi connectivity index (χ1v) is 9.02. The average molecular weight is 383 g/mol. The summed E-state index contributed by atoms with van der Waals surface area (Å²) >= 11 is 0. The third-order valence-electron chi connectivity index (χ3n) is 2.98. The number of aryl methyl sites for hydroxylation is 1. The molecule has 0 saturated heterocycles. The van der Waals surface area contributed by atoms with E-state index in [2.05, 4.69) is 80.7 Å². The molecule has 0 aliphatic heterocycles. The molecule has 0 heterocycles. The number of halogens is 2. The number of hydrogen-bond acceptors (Lipinski definition) is 0. The van der Waals surface area contributed by atoms with Gasteiger partial charge in [-0.05, 0) is 5.56 Å². The van der Waals surface area contributed by atoms with E-state index >= 15 is 0 Å². The van der Waals surface area contributed by atoms with Crippen LogP contribution in [-0.4, -0.2) is 9.52 Å².